The minimum atomic E-state index is -0.176. The molecule has 0 aromatic rings. The van der Waals surface area contributed by atoms with Gasteiger partial charge in [0.15, 0.2) is 0 Å². The molecule has 1 heterocycles. The maximum Gasteiger partial charge on any atom is 0.330 e. The van der Waals surface area contributed by atoms with Crippen LogP contribution in [0.15, 0.2) is 12.2 Å². The molecule has 1 aliphatic rings. The molecule has 0 aliphatic carbocycles. The molecule has 92 valence electrons. The Bertz CT molecular complexity index is 221. The molecule has 0 spiro atoms. The van der Waals surface area contributed by atoms with Crippen molar-refractivity contribution in [3.8, 4) is 0 Å². The van der Waals surface area contributed by atoms with Crippen molar-refractivity contribution in [3.05, 3.63) is 12.2 Å². The van der Waals surface area contributed by atoms with Crippen LogP contribution >= 0.6 is 0 Å². The highest BCUT2D eigenvalue weighted by Crippen LogP contribution is 2.13. The van der Waals surface area contributed by atoms with Crippen LogP contribution in [0.25, 0.3) is 0 Å². The lowest BCUT2D eigenvalue weighted by Gasteiger charge is -2.11. The average molecular weight is 224 g/mol. The molecule has 16 heavy (non-hydrogen) atoms. The number of cyclic esters (lactones) is 1. The maximum atomic E-state index is 11.4. The summed E-state index contributed by atoms with van der Waals surface area (Å²) >= 11 is 0. The first-order chi connectivity index (χ1) is 7.79. The Kier molecular flexibility index (Phi) is 6.95. The summed E-state index contributed by atoms with van der Waals surface area (Å²) in [5, 5.41) is 0. The van der Waals surface area contributed by atoms with E-state index in [0.717, 1.165) is 12.8 Å². The minimum absolute atomic E-state index is 0.0695. The van der Waals surface area contributed by atoms with E-state index in [-0.39, 0.29) is 12.1 Å². The fraction of sp³-hybridized carbons (Fsp3) is 0.786. The first-order valence-corrected chi connectivity index (χ1v) is 6.66. The Balaban J connectivity index is 2.33. The van der Waals surface area contributed by atoms with Gasteiger partial charge in [-0.15, -0.1) is 0 Å². The van der Waals surface area contributed by atoms with Gasteiger partial charge in [-0.3, -0.25) is 0 Å². The molecule has 2 nitrogen and oxygen atoms in total. The summed E-state index contributed by atoms with van der Waals surface area (Å²) in [5.74, 6) is -0.176. The number of hydrogen-bond acceptors (Lipinski definition) is 2. The number of carbonyl (C=O) groups excluding carboxylic acids is 1. The number of carbonyl (C=O) groups is 1. The molecule has 1 aliphatic heterocycles. The lowest BCUT2D eigenvalue weighted by molar-refractivity contribution is -0.142. The number of allylic oxidation sites excluding steroid dienone is 1. The summed E-state index contributed by atoms with van der Waals surface area (Å²) in [6.07, 6.45) is 14.6. The van der Waals surface area contributed by atoms with Crippen LogP contribution in [-0.4, -0.2) is 12.1 Å². The normalized spacial score (nSPS) is 27.8. The van der Waals surface area contributed by atoms with Crippen LogP contribution in [0, 0.1) is 0 Å². The molecule has 0 fully saturated rings. The lowest BCUT2D eigenvalue weighted by atomic mass is 10.1. The summed E-state index contributed by atoms with van der Waals surface area (Å²) in [6, 6.07) is 0. The van der Waals surface area contributed by atoms with Gasteiger partial charge in [0.25, 0.3) is 0 Å². The minimum Gasteiger partial charge on any atom is -0.460 e. The van der Waals surface area contributed by atoms with Gasteiger partial charge in [0.05, 0.1) is 6.10 Å². The molecule has 1 atom stereocenters. The van der Waals surface area contributed by atoms with Crippen molar-refractivity contribution in [1.29, 1.82) is 0 Å². The second-order valence-electron chi connectivity index (χ2n) is 4.70. The van der Waals surface area contributed by atoms with E-state index in [0.29, 0.717) is 0 Å². The molecule has 0 unspecified atom stereocenters. The van der Waals surface area contributed by atoms with E-state index >= 15 is 0 Å². The van der Waals surface area contributed by atoms with Crippen molar-refractivity contribution in [2.24, 2.45) is 0 Å². The van der Waals surface area contributed by atoms with Crippen LogP contribution in [0.2, 0.25) is 0 Å². The third kappa shape index (κ3) is 6.65. The largest absolute Gasteiger partial charge is 0.460 e. The van der Waals surface area contributed by atoms with Crippen LogP contribution < -0.4 is 0 Å². The Morgan fingerprint density at radius 3 is 2.44 bits per heavy atom. The van der Waals surface area contributed by atoms with Gasteiger partial charge in [0.2, 0.25) is 0 Å². The van der Waals surface area contributed by atoms with Crippen molar-refractivity contribution >= 4 is 5.97 Å². The Morgan fingerprint density at radius 2 is 1.69 bits per heavy atom. The fourth-order valence-electron chi connectivity index (χ4n) is 2.05. The Labute approximate surface area is 99.1 Å². The van der Waals surface area contributed by atoms with E-state index in [4.69, 9.17) is 4.74 Å². The summed E-state index contributed by atoms with van der Waals surface area (Å²) < 4.78 is 5.27. The van der Waals surface area contributed by atoms with Crippen LogP contribution in [0.4, 0.5) is 0 Å². The highest BCUT2D eigenvalue weighted by atomic mass is 16.5. The molecule has 0 bridgehead atoms. The van der Waals surface area contributed by atoms with Gasteiger partial charge in [-0.25, -0.2) is 4.79 Å². The van der Waals surface area contributed by atoms with E-state index < -0.39 is 0 Å². The zero-order chi connectivity index (χ0) is 11.6. The highest BCUT2D eigenvalue weighted by molar-refractivity contribution is 5.81. The molecule has 0 radical (unpaired) electrons. The standard InChI is InChI=1S/C14H24O2/c1-13-11-9-7-5-3-2-4-6-8-10-12-14(15)16-13/h10,12-13H,2-9,11H2,1H3/b12-10+/t13-/m1/s1. The second kappa shape index (κ2) is 8.37. The first-order valence-electron chi connectivity index (χ1n) is 6.66. The molecule has 0 aromatic heterocycles. The van der Waals surface area contributed by atoms with Crippen LogP contribution in [0.1, 0.15) is 64.7 Å². The average Bonchev–Trinajstić information content (AvgIpc) is 2.25. The lowest BCUT2D eigenvalue weighted by Crippen LogP contribution is -2.12. The molecular formula is C14H24O2. The van der Waals surface area contributed by atoms with Gasteiger partial charge >= 0.3 is 5.97 Å². The van der Waals surface area contributed by atoms with E-state index in [1.807, 2.05) is 13.0 Å². The monoisotopic (exact) mass is 224 g/mol. The van der Waals surface area contributed by atoms with Gasteiger partial charge in [0, 0.05) is 6.08 Å². The van der Waals surface area contributed by atoms with Crippen LogP contribution in [-0.2, 0) is 9.53 Å². The molecular weight excluding hydrogens is 200 g/mol. The zero-order valence-corrected chi connectivity index (χ0v) is 10.4. The second-order valence-corrected chi connectivity index (χ2v) is 4.70. The maximum absolute atomic E-state index is 11.4. The third-order valence-corrected chi connectivity index (χ3v) is 3.05. The molecule has 0 saturated carbocycles. The van der Waals surface area contributed by atoms with E-state index in [1.165, 1.54) is 44.9 Å². The van der Waals surface area contributed by atoms with E-state index in [2.05, 4.69) is 0 Å². The van der Waals surface area contributed by atoms with Crippen LogP contribution in [0.3, 0.4) is 0 Å². The van der Waals surface area contributed by atoms with E-state index in [9.17, 15) is 4.79 Å². The van der Waals surface area contributed by atoms with Gasteiger partial charge < -0.3 is 4.74 Å². The predicted molar refractivity (Wildman–Crippen MR) is 66.2 cm³/mol. The van der Waals surface area contributed by atoms with Crippen molar-refractivity contribution in [2.75, 3.05) is 0 Å². The summed E-state index contributed by atoms with van der Waals surface area (Å²) in [7, 11) is 0. The third-order valence-electron chi connectivity index (χ3n) is 3.05. The topological polar surface area (TPSA) is 26.3 Å². The quantitative estimate of drug-likeness (QED) is 0.581. The molecule has 0 saturated heterocycles. The van der Waals surface area contributed by atoms with Crippen molar-refractivity contribution in [3.63, 3.8) is 0 Å². The first kappa shape index (κ1) is 13.3. The fourth-order valence-corrected chi connectivity index (χ4v) is 2.05. The molecule has 2 heteroatoms. The highest BCUT2D eigenvalue weighted by Gasteiger charge is 2.06. The molecule has 0 aromatic carbocycles. The van der Waals surface area contributed by atoms with Gasteiger partial charge in [-0.2, -0.15) is 0 Å². The SMILES string of the molecule is C[C@@H]1CCCCCCCCC/C=C/C(=O)O1. The van der Waals surface area contributed by atoms with Gasteiger partial charge in [0.1, 0.15) is 0 Å². The number of ether oxygens (including phenoxy) is 1. The molecule has 0 amide bonds. The summed E-state index contributed by atoms with van der Waals surface area (Å²) in [4.78, 5) is 11.4. The van der Waals surface area contributed by atoms with Crippen LogP contribution in [0.5, 0.6) is 0 Å². The Hall–Kier alpha value is -0.790. The molecule has 1 rings (SSSR count). The number of esters is 1. The Morgan fingerprint density at radius 1 is 1.06 bits per heavy atom. The number of hydrogen-bond donors (Lipinski definition) is 0. The predicted octanol–water partition coefficient (Wildman–Crippen LogP) is 4.00. The molecule has 0 N–H and O–H groups in total. The van der Waals surface area contributed by atoms with E-state index in [1.54, 1.807) is 6.08 Å². The van der Waals surface area contributed by atoms with Crippen molar-refractivity contribution < 1.29 is 9.53 Å². The summed E-state index contributed by atoms with van der Waals surface area (Å²) in [6.45, 7) is 1.98. The van der Waals surface area contributed by atoms with Gasteiger partial charge in [-0.1, -0.05) is 38.2 Å². The smallest absolute Gasteiger partial charge is 0.330 e. The van der Waals surface area contributed by atoms with Gasteiger partial charge in [-0.05, 0) is 32.6 Å². The van der Waals surface area contributed by atoms with Crippen molar-refractivity contribution in [1.82, 2.24) is 0 Å². The van der Waals surface area contributed by atoms with Crippen molar-refractivity contribution in [2.45, 2.75) is 70.8 Å². The zero-order valence-electron chi connectivity index (χ0n) is 10.4. The summed E-state index contributed by atoms with van der Waals surface area (Å²) in [5.41, 5.74) is 0. The number of rotatable bonds is 0.